The molecule has 0 atom stereocenters. The highest BCUT2D eigenvalue weighted by Gasteiger charge is 2.19. The number of amides is 1. The SMILES string of the molecule is NC(=O)c1nnc(-c2c(F)cccc2F)cc1Nc1ccc(OC2CCSCC2)cc1. The lowest BCUT2D eigenvalue weighted by Crippen LogP contribution is -2.22. The van der Waals surface area contributed by atoms with Gasteiger partial charge in [-0.3, -0.25) is 4.79 Å². The fourth-order valence-corrected chi connectivity index (χ4v) is 4.36. The van der Waals surface area contributed by atoms with Gasteiger partial charge in [0.2, 0.25) is 0 Å². The van der Waals surface area contributed by atoms with Crippen molar-refractivity contribution in [2.45, 2.75) is 18.9 Å². The Bertz CT molecular complexity index is 1070. The Hall–Kier alpha value is -3.20. The fourth-order valence-electron chi connectivity index (χ4n) is 3.29. The van der Waals surface area contributed by atoms with Crippen molar-refractivity contribution in [2.75, 3.05) is 16.8 Å². The number of nitrogens with two attached hydrogens (primary N) is 1. The number of thioether (sulfide) groups is 1. The van der Waals surface area contributed by atoms with Crippen LogP contribution in [0, 0.1) is 11.6 Å². The summed E-state index contributed by atoms with van der Waals surface area (Å²) in [6, 6.07) is 12.0. The predicted molar refractivity (Wildman–Crippen MR) is 117 cm³/mol. The zero-order chi connectivity index (χ0) is 21.8. The number of anilines is 2. The first-order valence-electron chi connectivity index (χ1n) is 9.74. The molecule has 0 unspecified atom stereocenters. The van der Waals surface area contributed by atoms with Gasteiger partial charge in [-0.1, -0.05) is 6.07 Å². The number of aromatic nitrogens is 2. The van der Waals surface area contributed by atoms with E-state index in [1.54, 1.807) is 12.1 Å². The van der Waals surface area contributed by atoms with E-state index in [1.807, 2.05) is 23.9 Å². The monoisotopic (exact) mass is 442 g/mol. The molecule has 0 saturated carbocycles. The first-order valence-corrected chi connectivity index (χ1v) is 10.9. The molecule has 3 aromatic rings. The second-order valence-electron chi connectivity index (χ2n) is 7.03. The lowest BCUT2D eigenvalue weighted by Gasteiger charge is -2.22. The number of hydrogen-bond acceptors (Lipinski definition) is 6. The molecule has 6 nitrogen and oxygen atoms in total. The molecule has 3 N–H and O–H groups in total. The van der Waals surface area contributed by atoms with Crippen molar-refractivity contribution in [2.24, 2.45) is 5.73 Å². The number of benzene rings is 2. The average molecular weight is 442 g/mol. The van der Waals surface area contributed by atoms with Gasteiger partial charge in [0.1, 0.15) is 29.2 Å². The van der Waals surface area contributed by atoms with Crippen LogP contribution in [0.5, 0.6) is 5.75 Å². The Kier molecular flexibility index (Phi) is 6.31. The molecule has 4 rings (SSSR count). The first kappa shape index (κ1) is 21.0. The summed E-state index contributed by atoms with van der Waals surface area (Å²) in [6.07, 6.45) is 2.25. The van der Waals surface area contributed by atoms with Gasteiger partial charge in [-0.2, -0.15) is 11.8 Å². The maximum absolute atomic E-state index is 14.2. The van der Waals surface area contributed by atoms with E-state index in [2.05, 4.69) is 15.5 Å². The molecule has 31 heavy (non-hydrogen) atoms. The van der Waals surface area contributed by atoms with Gasteiger partial charge in [0.05, 0.1) is 11.3 Å². The van der Waals surface area contributed by atoms with E-state index < -0.39 is 17.5 Å². The smallest absolute Gasteiger partial charge is 0.271 e. The molecule has 2 heterocycles. The Balaban J connectivity index is 1.58. The summed E-state index contributed by atoms with van der Waals surface area (Å²) in [5, 5.41) is 10.6. The van der Waals surface area contributed by atoms with E-state index in [0.29, 0.717) is 5.69 Å². The number of carbonyl (C=O) groups is 1. The van der Waals surface area contributed by atoms with Crippen LogP contribution >= 0.6 is 11.8 Å². The fraction of sp³-hybridized carbons (Fsp3) is 0.227. The number of primary amides is 1. The number of carbonyl (C=O) groups excluding carboxylic acids is 1. The van der Waals surface area contributed by atoms with Gasteiger partial charge in [0, 0.05) is 5.69 Å². The molecular weight excluding hydrogens is 422 g/mol. The maximum atomic E-state index is 14.2. The summed E-state index contributed by atoms with van der Waals surface area (Å²) in [5.74, 6) is 0.565. The van der Waals surface area contributed by atoms with Gasteiger partial charge in [-0.15, -0.1) is 10.2 Å². The molecule has 0 spiro atoms. The van der Waals surface area contributed by atoms with Gasteiger partial charge in [0.15, 0.2) is 5.69 Å². The number of nitrogens with zero attached hydrogens (tertiary/aromatic N) is 2. The van der Waals surface area contributed by atoms with Crippen molar-refractivity contribution in [3.63, 3.8) is 0 Å². The standard InChI is InChI=1S/C22H20F2N4O2S/c23-16-2-1-3-17(24)20(16)18-12-19(21(22(25)29)28-27-18)26-13-4-6-14(7-5-13)30-15-8-10-31-11-9-15/h1-7,12,15H,8-11H2,(H2,25,29)(H,26,27). The quantitative estimate of drug-likeness (QED) is 0.583. The van der Waals surface area contributed by atoms with Gasteiger partial charge < -0.3 is 15.8 Å². The van der Waals surface area contributed by atoms with Crippen LogP contribution < -0.4 is 15.8 Å². The van der Waals surface area contributed by atoms with Crippen LogP contribution in [0.4, 0.5) is 20.2 Å². The largest absolute Gasteiger partial charge is 0.490 e. The second-order valence-corrected chi connectivity index (χ2v) is 8.26. The number of hydrogen-bond donors (Lipinski definition) is 2. The Labute approximate surface area is 182 Å². The Morgan fingerprint density at radius 3 is 2.39 bits per heavy atom. The summed E-state index contributed by atoms with van der Waals surface area (Å²) in [7, 11) is 0. The van der Waals surface area contributed by atoms with Crippen molar-refractivity contribution in [1.29, 1.82) is 0 Å². The zero-order valence-corrected chi connectivity index (χ0v) is 17.3. The van der Waals surface area contributed by atoms with Crippen molar-refractivity contribution < 1.29 is 18.3 Å². The molecular formula is C22H20F2N4O2S. The molecule has 2 aromatic carbocycles. The Morgan fingerprint density at radius 2 is 1.74 bits per heavy atom. The number of ether oxygens (including phenoxy) is 1. The summed E-state index contributed by atoms with van der Waals surface area (Å²) in [5.41, 5.74) is 5.69. The van der Waals surface area contributed by atoms with Crippen LogP contribution in [0.3, 0.4) is 0 Å². The summed E-state index contributed by atoms with van der Waals surface area (Å²) < 4.78 is 34.3. The maximum Gasteiger partial charge on any atom is 0.271 e. The molecule has 0 radical (unpaired) electrons. The predicted octanol–water partition coefficient (Wildman–Crippen LogP) is 4.54. The van der Waals surface area contributed by atoms with E-state index in [-0.39, 0.29) is 28.7 Å². The van der Waals surface area contributed by atoms with E-state index in [1.165, 1.54) is 12.1 Å². The molecule has 0 aliphatic carbocycles. The Morgan fingerprint density at radius 1 is 1.06 bits per heavy atom. The van der Waals surface area contributed by atoms with Crippen LogP contribution in [0.25, 0.3) is 11.3 Å². The lowest BCUT2D eigenvalue weighted by atomic mass is 10.1. The highest BCUT2D eigenvalue weighted by Crippen LogP contribution is 2.29. The minimum atomic E-state index is -0.814. The third-order valence-corrected chi connectivity index (χ3v) is 5.90. The van der Waals surface area contributed by atoms with Crippen molar-refractivity contribution in [3.05, 3.63) is 65.9 Å². The van der Waals surface area contributed by atoms with Crippen LogP contribution in [0.2, 0.25) is 0 Å². The average Bonchev–Trinajstić information content (AvgIpc) is 2.76. The van der Waals surface area contributed by atoms with Gasteiger partial charge in [-0.05, 0) is 66.8 Å². The molecule has 0 bridgehead atoms. The third-order valence-electron chi connectivity index (χ3n) is 4.85. The molecule has 1 aliphatic heterocycles. The molecule has 1 aromatic heterocycles. The second kappa shape index (κ2) is 9.30. The minimum Gasteiger partial charge on any atom is -0.490 e. The summed E-state index contributed by atoms with van der Waals surface area (Å²) in [6.45, 7) is 0. The number of halogens is 2. The highest BCUT2D eigenvalue weighted by atomic mass is 32.2. The van der Waals surface area contributed by atoms with E-state index in [9.17, 15) is 13.6 Å². The highest BCUT2D eigenvalue weighted by molar-refractivity contribution is 7.99. The lowest BCUT2D eigenvalue weighted by molar-refractivity contribution is 0.0995. The van der Waals surface area contributed by atoms with E-state index in [0.717, 1.165) is 42.2 Å². The van der Waals surface area contributed by atoms with Crippen molar-refractivity contribution in [1.82, 2.24) is 10.2 Å². The third kappa shape index (κ3) is 4.93. The molecule has 9 heteroatoms. The van der Waals surface area contributed by atoms with E-state index in [4.69, 9.17) is 10.5 Å². The minimum absolute atomic E-state index is 0.0572. The van der Waals surface area contributed by atoms with Crippen LogP contribution in [0.1, 0.15) is 23.3 Å². The first-order chi connectivity index (χ1) is 15.0. The molecule has 1 amide bonds. The number of rotatable bonds is 6. The van der Waals surface area contributed by atoms with Crippen molar-refractivity contribution in [3.8, 4) is 17.0 Å². The van der Waals surface area contributed by atoms with Crippen LogP contribution in [-0.2, 0) is 0 Å². The zero-order valence-electron chi connectivity index (χ0n) is 16.5. The summed E-state index contributed by atoms with van der Waals surface area (Å²) in [4.78, 5) is 11.8. The van der Waals surface area contributed by atoms with Gasteiger partial charge in [-0.25, -0.2) is 8.78 Å². The number of nitrogens with one attached hydrogen (secondary N) is 1. The topological polar surface area (TPSA) is 90.1 Å². The molecule has 1 fully saturated rings. The van der Waals surface area contributed by atoms with Gasteiger partial charge in [0.25, 0.3) is 5.91 Å². The normalized spacial score (nSPS) is 14.3. The van der Waals surface area contributed by atoms with Crippen LogP contribution in [0.15, 0.2) is 48.5 Å². The molecule has 160 valence electrons. The van der Waals surface area contributed by atoms with Crippen LogP contribution in [-0.4, -0.2) is 33.7 Å². The van der Waals surface area contributed by atoms with Gasteiger partial charge >= 0.3 is 0 Å². The summed E-state index contributed by atoms with van der Waals surface area (Å²) >= 11 is 1.93. The molecule has 1 aliphatic rings. The molecule has 1 saturated heterocycles. The van der Waals surface area contributed by atoms with Crippen molar-refractivity contribution >= 4 is 29.0 Å². The van der Waals surface area contributed by atoms with E-state index >= 15 is 0 Å².